The van der Waals surface area contributed by atoms with Crippen LogP contribution in [0.4, 0.5) is 10.1 Å². The second kappa shape index (κ2) is 5.97. The molecule has 3 N–H and O–H groups in total. The first-order valence-corrected chi connectivity index (χ1v) is 7.36. The quantitative estimate of drug-likeness (QED) is 0.592. The fourth-order valence-corrected chi connectivity index (χ4v) is 2.74. The third-order valence-electron chi connectivity index (χ3n) is 2.57. The number of nitrogen functional groups attached to an aromatic ring is 1. The number of rotatable bonds is 6. The highest BCUT2D eigenvalue weighted by atomic mass is 32.2. The number of aryl methyl sites for hydroxylation is 1. The highest BCUT2D eigenvalue weighted by Crippen LogP contribution is 2.16. The van der Waals surface area contributed by atoms with Crippen molar-refractivity contribution in [3.05, 3.63) is 36.4 Å². The predicted molar refractivity (Wildman–Crippen MR) is 70.6 cm³/mol. The molecule has 0 fully saturated rings. The first-order chi connectivity index (χ1) is 9.49. The van der Waals surface area contributed by atoms with Crippen LogP contribution in [0.5, 0.6) is 0 Å². The van der Waals surface area contributed by atoms with Crippen LogP contribution in [0.15, 0.2) is 35.5 Å². The smallest absolute Gasteiger partial charge is 0.243 e. The fraction of sp³-hybridized carbons (Fsp3) is 0.273. The van der Waals surface area contributed by atoms with Gasteiger partial charge in [0.25, 0.3) is 0 Å². The molecule has 0 saturated carbocycles. The van der Waals surface area contributed by atoms with E-state index in [-0.39, 0.29) is 12.2 Å². The van der Waals surface area contributed by atoms with E-state index in [0.717, 1.165) is 12.1 Å². The Morgan fingerprint density at radius 1 is 1.40 bits per heavy atom. The lowest BCUT2D eigenvalue weighted by Gasteiger charge is -2.08. The lowest BCUT2D eigenvalue weighted by molar-refractivity contribution is 0.535. The molecule has 1 heterocycles. The van der Waals surface area contributed by atoms with Gasteiger partial charge in [-0.25, -0.2) is 17.5 Å². The number of nitrogens with two attached hydrogens (primary N) is 1. The number of halogens is 1. The number of hydrogen-bond acceptors (Lipinski definition) is 5. The van der Waals surface area contributed by atoms with Gasteiger partial charge in [-0.1, -0.05) is 5.21 Å². The van der Waals surface area contributed by atoms with Gasteiger partial charge in [-0.2, -0.15) is 0 Å². The summed E-state index contributed by atoms with van der Waals surface area (Å²) in [6.07, 6.45) is 3.72. The zero-order valence-electron chi connectivity index (χ0n) is 10.5. The maximum Gasteiger partial charge on any atom is 0.243 e. The number of nitrogens with zero attached hydrogens (tertiary/aromatic N) is 3. The second-order valence-corrected chi connectivity index (χ2v) is 5.84. The molecule has 1 aromatic heterocycles. The van der Waals surface area contributed by atoms with E-state index in [1.165, 1.54) is 12.3 Å². The first kappa shape index (κ1) is 14.4. The molecule has 0 aliphatic rings. The average molecular weight is 299 g/mol. The van der Waals surface area contributed by atoms with Crippen LogP contribution in [0.3, 0.4) is 0 Å². The fourth-order valence-electron chi connectivity index (χ4n) is 1.61. The Morgan fingerprint density at radius 2 is 2.20 bits per heavy atom. The van der Waals surface area contributed by atoms with E-state index >= 15 is 0 Å². The summed E-state index contributed by atoms with van der Waals surface area (Å²) >= 11 is 0. The molecule has 0 amide bonds. The molecule has 2 aromatic rings. The second-order valence-electron chi connectivity index (χ2n) is 4.11. The first-order valence-electron chi connectivity index (χ1n) is 5.88. The Balaban J connectivity index is 1.93. The lowest BCUT2D eigenvalue weighted by Crippen LogP contribution is -2.26. The maximum absolute atomic E-state index is 13.6. The summed E-state index contributed by atoms with van der Waals surface area (Å²) in [5, 5.41) is 7.38. The lowest BCUT2D eigenvalue weighted by atomic mass is 10.3. The third-order valence-corrected chi connectivity index (χ3v) is 4.07. The molecule has 1 aromatic carbocycles. The van der Waals surface area contributed by atoms with E-state index in [1.807, 2.05) is 0 Å². The zero-order valence-corrected chi connectivity index (χ0v) is 11.3. The van der Waals surface area contributed by atoms with Crippen molar-refractivity contribution in [2.45, 2.75) is 17.9 Å². The Bertz CT molecular complexity index is 672. The number of sulfonamides is 1. The van der Waals surface area contributed by atoms with Gasteiger partial charge < -0.3 is 5.73 Å². The van der Waals surface area contributed by atoms with E-state index in [2.05, 4.69) is 15.0 Å². The topological polar surface area (TPSA) is 103 Å². The normalized spacial score (nSPS) is 11.7. The summed E-state index contributed by atoms with van der Waals surface area (Å²) in [6.45, 7) is 0.693. The van der Waals surface area contributed by atoms with Crippen LogP contribution in [0.2, 0.25) is 0 Å². The van der Waals surface area contributed by atoms with Crippen LogP contribution in [0.1, 0.15) is 6.42 Å². The van der Waals surface area contributed by atoms with Crippen LogP contribution in [0.25, 0.3) is 0 Å². The Kier molecular flexibility index (Phi) is 4.30. The van der Waals surface area contributed by atoms with Crippen molar-refractivity contribution in [1.82, 2.24) is 19.7 Å². The van der Waals surface area contributed by atoms with E-state index in [4.69, 9.17) is 5.73 Å². The number of hydrogen-bond donors (Lipinski definition) is 2. The van der Waals surface area contributed by atoms with Crippen molar-refractivity contribution < 1.29 is 12.8 Å². The van der Waals surface area contributed by atoms with Crippen molar-refractivity contribution in [3.8, 4) is 0 Å². The summed E-state index contributed by atoms with van der Waals surface area (Å²) in [4.78, 5) is -0.410. The van der Waals surface area contributed by atoms with Crippen molar-refractivity contribution in [3.63, 3.8) is 0 Å². The van der Waals surface area contributed by atoms with E-state index in [0.29, 0.717) is 13.0 Å². The van der Waals surface area contributed by atoms with E-state index in [1.54, 1.807) is 10.9 Å². The molecular formula is C11H14FN5O2S. The summed E-state index contributed by atoms with van der Waals surface area (Å²) in [6, 6.07) is 3.46. The van der Waals surface area contributed by atoms with Crippen molar-refractivity contribution >= 4 is 15.7 Å². The Hall–Kier alpha value is -2.00. The standard InChI is InChI=1S/C11H14FN5O2S/c12-10-8-9(13)2-3-11(10)20(18,19)15-4-1-6-17-7-5-14-16-17/h2-3,5,7-8,15H,1,4,6,13H2. The largest absolute Gasteiger partial charge is 0.399 e. The van der Waals surface area contributed by atoms with Crippen LogP contribution >= 0.6 is 0 Å². The Morgan fingerprint density at radius 3 is 2.85 bits per heavy atom. The van der Waals surface area contributed by atoms with Gasteiger partial charge in [-0.3, -0.25) is 4.68 Å². The molecule has 0 aliphatic carbocycles. The van der Waals surface area contributed by atoms with Gasteiger partial charge in [0, 0.05) is 25.0 Å². The summed E-state index contributed by atoms with van der Waals surface area (Å²) in [5.41, 5.74) is 5.55. The van der Waals surface area contributed by atoms with Crippen LogP contribution in [-0.2, 0) is 16.6 Å². The van der Waals surface area contributed by atoms with Gasteiger partial charge in [0.1, 0.15) is 10.7 Å². The van der Waals surface area contributed by atoms with E-state index < -0.39 is 20.7 Å². The third kappa shape index (κ3) is 3.52. The zero-order chi connectivity index (χ0) is 14.6. The SMILES string of the molecule is Nc1ccc(S(=O)(=O)NCCCn2ccnn2)c(F)c1. The molecule has 108 valence electrons. The molecular weight excluding hydrogens is 285 g/mol. The molecule has 0 spiro atoms. The van der Waals surface area contributed by atoms with Crippen molar-refractivity contribution in [2.75, 3.05) is 12.3 Å². The molecule has 9 heteroatoms. The van der Waals surface area contributed by atoms with Crippen LogP contribution < -0.4 is 10.5 Å². The molecule has 20 heavy (non-hydrogen) atoms. The molecule has 0 bridgehead atoms. The monoisotopic (exact) mass is 299 g/mol. The van der Waals surface area contributed by atoms with Crippen molar-refractivity contribution in [2.24, 2.45) is 0 Å². The number of anilines is 1. The average Bonchev–Trinajstić information content (AvgIpc) is 2.87. The highest BCUT2D eigenvalue weighted by Gasteiger charge is 2.18. The minimum Gasteiger partial charge on any atom is -0.399 e. The number of benzene rings is 1. The van der Waals surface area contributed by atoms with Crippen LogP contribution in [-0.4, -0.2) is 30.0 Å². The van der Waals surface area contributed by atoms with Crippen LogP contribution in [0, 0.1) is 5.82 Å². The molecule has 7 nitrogen and oxygen atoms in total. The van der Waals surface area contributed by atoms with Gasteiger partial charge in [0.15, 0.2) is 0 Å². The van der Waals surface area contributed by atoms with Gasteiger partial charge in [-0.15, -0.1) is 5.10 Å². The predicted octanol–water partition coefficient (Wildman–Crippen LogP) is 0.368. The molecule has 2 rings (SSSR count). The number of aromatic nitrogens is 3. The summed E-state index contributed by atoms with van der Waals surface area (Å²) in [7, 11) is -3.87. The molecule has 0 aliphatic heterocycles. The minimum atomic E-state index is -3.87. The van der Waals surface area contributed by atoms with E-state index in [9.17, 15) is 12.8 Å². The molecule has 0 saturated heterocycles. The Labute approximate surface area is 115 Å². The maximum atomic E-state index is 13.6. The summed E-state index contributed by atoms with van der Waals surface area (Å²) in [5.74, 6) is -0.867. The van der Waals surface area contributed by atoms with Crippen molar-refractivity contribution in [1.29, 1.82) is 0 Å². The number of nitrogens with one attached hydrogen (secondary N) is 1. The molecule has 0 unspecified atom stereocenters. The molecule has 0 radical (unpaired) electrons. The van der Waals surface area contributed by atoms with Gasteiger partial charge in [0.2, 0.25) is 10.0 Å². The minimum absolute atomic E-state index is 0.173. The van der Waals surface area contributed by atoms with Gasteiger partial charge >= 0.3 is 0 Å². The highest BCUT2D eigenvalue weighted by molar-refractivity contribution is 7.89. The summed E-state index contributed by atoms with van der Waals surface area (Å²) < 4.78 is 41.3. The molecule has 0 atom stereocenters. The van der Waals surface area contributed by atoms with Gasteiger partial charge in [-0.05, 0) is 24.6 Å². The van der Waals surface area contributed by atoms with Gasteiger partial charge in [0.05, 0.1) is 6.20 Å².